The highest BCUT2D eigenvalue weighted by Crippen LogP contribution is 2.21. The van der Waals surface area contributed by atoms with Gasteiger partial charge in [0, 0.05) is 6.07 Å². The minimum absolute atomic E-state index is 0.0166. The number of hydrogen-bond donors (Lipinski definition) is 1. The lowest BCUT2D eigenvalue weighted by atomic mass is 10.1. The predicted octanol–water partition coefficient (Wildman–Crippen LogP) is 2.96. The lowest BCUT2D eigenvalue weighted by molar-refractivity contribution is -0.116. The van der Waals surface area contributed by atoms with E-state index in [0.717, 1.165) is 27.2 Å². The Morgan fingerprint density at radius 3 is 2.71 bits per heavy atom. The minimum atomic E-state index is -0.247. The van der Waals surface area contributed by atoms with E-state index in [1.165, 1.54) is 4.57 Å². The number of aromatic nitrogens is 3. The Hall–Kier alpha value is -2.41. The van der Waals surface area contributed by atoms with Gasteiger partial charge in [-0.15, -0.1) is 0 Å². The van der Waals surface area contributed by atoms with Gasteiger partial charge < -0.3 is 5.32 Å². The van der Waals surface area contributed by atoms with Crippen molar-refractivity contribution in [1.29, 1.82) is 0 Å². The number of para-hydroxylation sites is 1. The summed E-state index contributed by atoms with van der Waals surface area (Å²) in [7, 11) is 0. The number of aryl methyl sites for hydroxylation is 1. The summed E-state index contributed by atoms with van der Waals surface area (Å²) in [5.41, 5.74) is 1.37. The fourth-order valence-electron chi connectivity index (χ4n) is 2.59. The molecule has 0 saturated heterocycles. The Morgan fingerprint density at radius 1 is 1.29 bits per heavy atom. The second-order valence-electron chi connectivity index (χ2n) is 6.72. The number of anilines is 1. The number of thiazole rings is 1. The second-order valence-corrected chi connectivity index (χ2v) is 7.72. The van der Waals surface area contributed by atoms with E-state index in [-0.39, 0.29) is 22.9 Å². The SMILES string of the molecule is Cc1cc(NC(=O)Cn2c(=O)sc3ccccc32)n(C(C)(C)C)n1. The molecule has 2 aromatic heterocycles. The molecule has 126 valence electrons. The molecule has 7 heteroatoms. The molecule has 0 fully saturated rings. The molecule has 1 aromatic carbocycles. The summed E-state index contributed by atoms with van der Waals surface area (Å²) in [4.78, 5) is 24.5. The zero-order valence-electron chi connectivity index (χ0n) is 14.2. The zero-order chi connectivity index (χ0) is 17.5. The van der Waals surface area contributed by atoms with Crippen LogP contribution in [0.1, 0.15) is 26.5 Å². The summed E-state index contributed by atoms with van der Waals surface area (Å²) < 4.78 is 4.17. The number of amides is 1. The van der Waals surface area contributed by atoms with Crippen LogP contribution in [-0.4, -0.2) is 20.3 Å². The number of carbonyl (C=O) groups excluding carboxylic acids is 1. The smallest absolute Gasteiger partial charge is 0.308 e. The highest BCUT2D eigenvalue weighted by atomic mass is 32.1. The maximum absolute atomic E-state index is 12.5. The molecule has 3 aromatic rings. The molecule has 0 saturated carbocycles. The van der Waals surface area contributed by atoms with Gasteiger partial charge in [-0.05, 0) is 39.8 Å². The first-order valence-corrected chi connectivity index (χ1v) is 8.53. The Balaban J connectivity index is 1.86. The van der Waals surface area contributed by atoms with Crippen LogP contribution in [0.25, 0.3) is 10.2 Å². The van der Waals surface area contributed by atoms with Gasteiger partial charge in [-0.25, -0.2) is 4.68 Å². The van der Waals surface area contributed by atoms with Gasteiger partial charge in [-0.1, -0.05) is 23.5 Å². The number of carbonyl (C=O) groups is 1. The number of rotatable bonds is 3. The number of fused-ring (bicyclic) bond motifs is 1. The van der Waals surface area contributed by atoms with Gasteiger partial charge in [0.1, 0.15) is 12.4 Å². The van der Waals surface area contributed by atoms with Gasteiger partial charge in [0.05, 0.1) is 21.4 Å². The molecule has 1 amide bonds. The van der Waals surface area contributed by atoms with Crippen molar-refractivity contribution in [3.63, 3.8) is 0 Å². The summed E-state index contributed by atoms with van der Waals surface area (Å²) in [6, 6.07) is 9.31. The highest BCUT2D eigenvalue weighted by molar-refractivity contribution is 7.16. The van der Waals surface area contributed by atoms with Crippen molar-refractivity contribution in [3.05, 3.63) is 45.7 Å². The molecule has 1 N–H and O–H groups in total. The lowest BCUT2D eigenvalue weighted by Crippen LogP contribution is -2.29. The van der Waals surface area contributed by atoms with Crippen molar-refractivity contribution in [3.8, 4) is 0 Å². The maximum Gasteiger partial charge on any atom is 0.308 e. The molecule has 0 spiro atoms. The first-order chi connectivity index (χ1) is 11.3. The third kappa shape index (κ3) is 3.12. The van der Waals surface area contributed by atoms with Crippen LogP contribution in [0.2, 0.25) is 0 Å². The Bertz CT molecular complexity index is 959. The van der Waals surface area contributed by atoms with Gasteiger partial charge >= 0.3 is 4.87 Å². The first-order valence-electron chi connectivity index (χ1n) is 7.71. The molecule has 0 aliphatic carbocycles. The average molecular weight is 344 g/mol. The van der Waals surface area contributed by atoms with Crippen LogP contribution in [-0.2, 0) is 16.9 Å². The average Bonchev–Trinajstić information content (AvgIpc) is 3.00. The van der Waals surface area contributed by atoms with Crippen LogP contribution in [0, 0.1) is 6.92 Å². The fourth-order valence-corrected chi connectivity index (χ4v) is 3.48. The van der Waals surface area contributed by atoms with Crippen molar-refractivity contribution in [2.45, 2.75) is 39.8 Å². The van der Waals surface area contributed by atoms with Crippen molar-refractivity contribution >= 4 is 33.3 Å². The molecular formula is C17H20N4O2S. The minimum Gasteiger partial charge on any atom is -0.309 e. The van der Waals surface area contributed by atoms with Crippen molar-refractivity contribution < 1.29 is 4.79 Å². The van der Waals surface area contributed by atoms with E-state index in [1.54, 1.807) is 4.68 Å². The molecule has 2 heterocycles. The monoisotopic (exact) mass is 344 g/mol. The van der Waals surface area contributed by atoms with Crippen molar-refractivity contribution in [1.82, 2.24) is 14.3 Å². The van der Waals surface area contributed by atoms with Crippen molar-refractivity contribution in [2.75, 3.05) is 5.32 Å². The van der Waals surface area contributed by atoms with Gasteiger partial charge in [0.15, 0.2) is 0 Å². The summed E-state index contributed by atoms with van der Waals surface area (Å²) in [5, 5.41) is 7.31. The lowest BCUT2D eigenvalue weighted by Gasteiger charge is -2.22. The molecule has 24 heavy (non-hydrogen) atoms. The zero-order valence-corrected chi connectivity index (χ0v) is 15.0. The highest BCUT2D eigenvalue weighted by Gasteiger charge is 2.20. The number of benzene rings is 1. The third-order valence-corrected chi connectivity index (χ3v) is 4.57. The summed E-state index contributed by atoms with van der Waals surface area (Å²) >= 11 is 1.15. The molecule has 6 nitrogen and oxygen atoms in total. The van der Waals surface area contributed by atoms with Gasteiger partial charge in [0.2, 0.25) is 5.91 Å². The van der Waals surface area contributed by atoms with Crippen LogP contribution < -0.4 is 10.2 Å². The Kier molecular flexibility index (Phi) is 4.04. The molecule has 0 radical (unpaired) electrons. The van der Waals surface area contributed by atoms with Gasteiger partial charge in [0.25, 0.3) is 0 Å². The van der Waals surface area contributed by atoms with Gasteiger partial charge in [-0.2, -0.15) is 5.10 Å². The Morgan fingerprint density at radius 2 is 2.00 bits per heavy atom. The van der Waals surface area contributed by atoms with Crippen molar-refractivity contribution in [2.24, 2.45) is 0 Å². The summed E-state index contributed by atoms with van der Waals surface area (Å²) in [6.07, 6.45) is 0. The Labute approximate surface area is 143 Å². The molecule has 0 aliphatic rings. The molecule has 3 rings (SSSR count). The van der Waals surface area contributed by atoms with Crippen LogP contribution in [0.4, 0.5) is 5.82 Å². The van der Waals surface area contributed by atoms with E-state index in [2.05, 4.69) is 10.4 Å². The summed E-state index contributed by atoms with van der Waals surface area (Å²) in [5.74, 6) is 0.392. The number of nitrogens with one attached hydrogen (secondary N) is 1. The standard InChI is InChI=1S/C17H20N4O2S/c1-11-9-14(21(19-11)17(2,3)4)18-15(22)10-20-12-7-5-6-8-13(12)24-16(20)23/h5-9H,10H2,1-4H3,(H,18,22). The summed E-state index contributed by atoms with van der Waals surface area (Å²) in [6.45, 7) is 7.93. The van der Waals surface area contributed by atoms with E-state index in [4.69, 9.17) is 0 Å². The molecular weight excluding hydrogens is 324 g/mol. The van der Waals surface area contributed by atoms with Crippen LogP contribution in [0.5, 0.6) is 0 Å². The first kappa shape index (κ1) is 16.4. The molecule has 0 unspecified atom stereocenters. The second kappa shape index (κ2) is 5.90. The van der Waals surface area contributed by atoms with E-state index in [9.17, 15) is 9.59 Å². The molecule has 0 atom stereocenters. The largest absolute Gasteiger partial charge is 0.309 e. The topological polar surface area (TPSA) is 68.9 Å². The number of nitrogens with zero attached hydrogens (tertiary/aromatic N) is 3. The quantitative estimate of drug-likeness (QED) is 0.794. The van der Waals surface area contributed by atoms with E-state index in [0.29, 0.717) is 5.82 Å². The maximum atomic E-state index is 12.5. The van der Waals surface area contributed by atoms with Crippen LogP contribution >= 0.6 is 11.3 Å². The molecule has 0 bridgehead atoms. The van der Waals surface area contributed by atoms with Crippen LogP contribution in [0.3, 0.4) is 0 Å². The van der Waals surface area contributed by atoms with Crippen LogP contribution in [0.15, 0.2) is 35.1 Å². The predicted molar refractivity (Wildman–Crippen MR) is 96.7 cm³/mol. The molecule has 0 aliphatic heterocycles. The van der Waals surface area contributed by atoms with Gasteiger partial charge in [-0.3, -0.25) is 14.2 Å². The third-order valence-electron chi connectivity index (χ3n) is 3.61. The van der Waals surface area contributed by atoms with E-state index < -0.39 is 0 Å². The van der Waals surface area contributed by atoms with E-state index >= 15 is 0 Å². The van der Waals surface area contributed by atoms with E-state index in [1.807, 2.05) is 58.0 Å². The number of hydrogen-bond acceptors (Lipinski definition) is 4. The fraction of sp³-hybridized carbons (Fsp3) is 0.353. The normalized spacial score (nSPS) is 11.8.